The lowest BCUT2D eigenvalue weighted by Gasteiger charge is -2.22. The van der Waals surface area contributed by atoms with Crippen molar-refractivity contribution in [1.82, 2.24) is 29.3 Å². The summed E-state index contributed by atoms with van der Waals surface area (Å²) in [6.45, 7) is 0.474. The quantitative estimate of drug-likeness (QED) is 0.270. The molecular formula is C24H23ClIN7O4. The van der Waals surface area contributed by atoms with E-state index >= 15 is 0 Å². The molecule has 11 nitrogen and oxygen atoms in total. The SMILES string of the molecule is CN(CC1(CO)CC1)C(=O)Cn1cc(NC(=O)c2cnn3cccnc23)c(-c2cc(Cl)ccc2OI)n1. The van der Waals surface area contributed by atoms with Crippen molar-refractivity contribution in [2.24, 2.45) is 5.41 Å². The highest BCUT2D eigenvalue weighted by atomic mass is 127. The van der Waals surface area contributed by atoms with E-state index in [1.807, 2.05) is 0 Å². The molecule has 1 aliphatic rings. The average molecular weight is 636 g/mol. The van der Waals surface area contributed by atoms with Crippen molar-refractivity contribution in [2.75, 3.05) is 25.5 Å². The number of carbonyl (C=O) groups excluding carboxylic acids is 2. The van der Waals surface area contributed by atoms with Crippen LogP contribution < -0.4 is 8.38 Å². The van der Waals surface area contributed by atoms with E-state index in [4.69, 9.17) is 14.7 Å². The van der Waals surface area contributed by atoms with Crippen LogP contribution in [0.4, 0.5) is 5.69 Å². The summed E-state index contributed by atoms with van der Waals surface area (Å²) in [6, 6.07) is 6.79. The van der Waals surface area contributed by atoms with Gasteiger partial charge in [-0.15, -0.1) is 0 Å². The highest BCUT2D eigenvalue weighted by Gasteiger charge is 2.43. The van der Waals surface area contributed by atoms with Crippen molar-refractivity contribution in [3.8, 4) is 17.0 Å². The van der Waals surface area contributed by atoms with Crippen molar-refractivity contribution in [3.63, 3.8) is 0 Å². The minimum absolute atomic E-state index is 0.0545. The van der Waals surface area contributed by atoms with Crippen LogP contribution in [0.25, 0.3) is 16.9 Å². The molecule has 37 heavy (non-hydrogen) atoms. The number of aliphatic hydroxyl groups excluding tert-OH is 1. The lowest BCUT2D eigenvalue weighted by Crippen LogP contribution is -2.36. The summed E-state index contributed by atoms with van der Waals surface area (Å²) >= 11 is 8.03. The van der Waals surface area contributed by atoms with Crippen LogP contribution >= 0.6 is 34.6 Å². The number of anilines is 1. The van der Waals surface area contributed by atoms with Gasteiger partial charge in [0.2, 0.25) is 5.91 Å². The molecule has 0 atom stereocenters. The Kier molecular flexibility index (Phi) is 7.05. The molecular weight excluding hydrogens is 613 g/mol. The number of aliphatic hydroxyl groups is 1. The smallest absolute Gasteiger partial charge is 0.261 e. The van der Waals surface area contributed by atoms with Gasteiger partial charge in [-0.1, -0.05) is 11.6 Å². The highest BCUT2D eigenvalue weighted by Crippen LogP contribution is 2.45. The Morgan fingerprint density at radius 2 is 2.16 bits per heavy atom. The van der Waals surface area contributed by atoms with Gasteiger partial charge in [0.25, 0.3) is 5.91 Å². The maximum atomic E-state index is 13.2. The Hall–Kier alpha value is -3.23. The number of amides is 2. The number of nitrogens with one attached hydrogen (secondary N) is 1. The molecule has 0 spiro atoms. The fourth-order valence-corrected chi connectivity index (χ4v) is 4.67. The molecule has 3 aromatic heterocycles. The van der Waals surface area contributed by atoms with Crippen LogP contribution in [0, 0.1) is 5.41 Å². The molecule has 13 heteroatoms. The molecule has 2 N–H and O–H groups in total. The van der Waals surface area contributed by atoms with Crippen molar-refractivity contribution in [1.29, 1.82) is 0 Å². The molecule has 3 heterocycles. The number of hydrogen-bond acceptors (Lipinski definition) is 7. The first-order valence-electron chi connectivity index (χ1n) is 11.4. The predicted octanol–water partition coefficient (Wildman–Crippen LogP) is 3.46. The first-order chi connectivity index (χ1) is 17.8. The van der Waals surface area contributed by atoms with Gasteiger partial charge in [0.05, 0.1) is 18.5 Å². The monoisotopic (exact) mass is 635 g/mol. The van der Waals surface area contributed by atoms with Gasteiger partial charge in [-0.3, -0.25) is 14.3 Å². The molecule has 1 fully saturated rings. The molecule has 4 aromatic rings. The lowest BCUT2D eigenvalue weighted by molar-refractivity contribution is -0.131. The van der Waals surface area contributed by atoms with Gasteiger partial charge in [0, 0.05) is 48.2 Å². The second-order valence-corrected chi connectivity index (χ2v) is 9.99. The van der Waals surface area contributed by atoms with Crippen molar-refractivity contribution in [2.45, 2.75) is 19.4 Å². The van der Waals surface area contributed by atoms with Crippen molar-refractivity contribution >= 4 is 57.8 Å². The van der Waals surface area contributed by atoms with Gasteiger partial charge in [-0.2, -0.15) is 10.2 Å². The third-order valence-corrected chi connectivity index (χ3v) is 7.11. The van der Waals surface area contributed by atoms with Gasteiger partial charge in [0.1, 0.15) is 23.6 Å². The van der Waals surface area contributed by atoms with E-state index in [9.17, 15) is 14.7 Å². The third-order valence-electron chi connectivity index (χ3n) is 6.40. The Labute approximate surface area is 231 Å². The zero-order chi connectivity index (χ0) is 26.2. The van der Waals surface area contributed by atoms with Crippen molar-refractivity contribution in [3.05, 3.63) is 59.6 Å². The Morgan fingerprint density at radius 3 is 2.89 bits per heavy atom. The van der Waals surface area contributed by atoms with Crippen molar-refractivity contribution < 1.29 is 17.8 Å². The van der Waals surface area contributed by atoms with Crippen LogP contribution in [-0.4, -0.2) is 66.4 Å². The summed E-state index contributed by atoms with van der Waals surface area (Å²) in [5.41, 5.74) is 1.78. The summed E-state index contributed by atoms with van der Waals surface area (Å²) in [6.07, 6.45) is 8.11. The summed E-state index contributed by atoms with van der Waals surface area (Å²) in [5.74, 6) is -0.115. The number of nitrogens with zero attached hydrogens (tertiary/aromatic N) is 6. The molecule has 0 aliphatic heterocycles. The lowest BCUT2D eigenvalue weighted by atomic mass is 10.1. The summed E-state index contributed by atoms with van der Waals surface area (Å²) in [5, 5.41) is 21.7. The Bertz CT molecular complexity index is 1480. The van der Waals surface area contributed by atoms with E-state index in [-0.39, 0.29) is 30.0 Å². The molecule has 1 aromatic carbocycles. The molecule has 0 saturated heterocycles. The maximum absolute atomic E-state index is 13.2. The summed E-state index contributed by atoms with van der Waals surface area (Å²) in [7, 11) is 1.71. The number of carbonyl (C=O) groups is 2. The van der Waals surface area contributed by atoms with Gasteiger partial charge >= 0.3 is 0 Å². The summed E-state index contributed by atoms with van der Waals surface area (Å²) < 4.78 is 8.45. The second kappa shape index (κ2) is 10.3. The second-order valence-electron chi connectivity index (χ2n) is 9.11. The largest absolute Gasteiger partial charge is 0.427 e. The van der Waals surface area contributed by atoms with Crippen LogP contribution in [0.2, 0.25) is 5.02 Å². The minimum Gasteiger partial charge on any atom is -0.427 e. The highest BCUT2D eigenvalue weighted by molar-refractivity contribution is 14.1. The van der Waals surface area contributed by atoms with E-state index in [0.717, 1.165) is 12.8 Å². The fraction of sp³-hybridized carbons (Fsp3) is 0.292. The van der Waals surface area contributed by atoms with E-state index in [1.165, 1.54) is 15.4 Å². The molecule has 5 rings (SSSR count). The predicted molar refractivity (Wildman–Crippen MR) is 145 cm³/mol. The molecule has 0 radical (unpaired) electrons. The van der Waals surface area contributed by atoms with E-state index in [0.29, 0.717) is 39.9 Å². The van der Waals surface area contributed by atoms with Crippen LogP contribution in [0.15, 0.2) is 49.1 Å². The first kappa shape index (κ1) is 25.4. The van der Waals surface area contributed by atoms with Crippen LogP contribution in [0.1, 0.15) is 23.2 Å². The van der Waals surface area contributed by atoms with Gasteiger partial charge in [-0.25, -0.2) is 9.50 Å². The zero-order valence-corrected chi connectivity index (χ0v) is 22.7. The van der Waals surface area contributed by atoms with E-state index in [1.54, 1.807) is 77.8 Å². The molecule has 1 aliphatic carbocycles. The zero-order valence-electron chi connectivity index (χ0n) is 19.8. The number of likely N-dealkylation sites (N-methyl/N-ethyl adjacent to an activating group) is 1. The maximum Gasteiger partial charge on any atom is 0.261 e. The van der Waals surface area contributed by atoms with E-state index < -0.39 is 5.91 Å². The summed E-state index contributed by atoms with van der Waals surface area (Å²) in [4.78, 5) is 32.0. The van der Waals surface area contributed by atoms with Crippen LogP contribution in [0.3, 0.4) is 0 Å². The number of aromatic nitrogens is 5. The van der Waals surface area contributed by atoms with Gasteiger partial charge in [-0.05, 0) is 37.1 Å². The number of rotatable bonds is 9. The number of hydrogen-bond donors (Lipinski definition) is 2. The number of benzene rings is 1. The van der Waals surface area contributed by atoms with Crippen LogP contribution in [0.5, 0.6) is 5.75 Å². The fourth-order valence-electron chi connectivity index (χ4n) is 4.12. The molecule has 192 valence electrons. The topological polar surface area (TPSA) is 127 Å². The van der Waals surface area contributed by atoms with Gasteiger partial charge in [0.15, 0.2) is 28.7 Å². The minimum atomic E-state index is -0.435. The molecule has 0 bridgehead atoms. The first-order valence-corrected chi connectivity index (χ1v) is 12.7. The molecule has 2 amide bonds. The third kappa shape index (κ3) is 5.26. The molecule has 1 saturated carbocycles. The standard InChI is InChI=1S/C24H23ClIN7O4/c1-31(13-24(14-34)5-6-24)20(35)12-32-11-18(21(30-32)16-9-15(25)3-4-19(16)37-26)29-23(36)17-10-28-33-8-2-7-27-22(17)33/h2-4,7-11,34H,5-6,12-14H2,1H3,(H,29,36). The Balaban J connectivity index is 1.46. The Morgan fingerprint density at radius 1 is 1.35 bits per heavy atom. The number of halogens is 2. The molecule has 0 unspecified atom stereocenters. The normalized spacial score (nSPS) is 13.9. The van der Waals surface area contributed by atoms with Gasteiger partial charge < -0.3 is 18.4 Å². The van der Waals surface area contributed by atoms with Crippen LogP contribution in [-0.2, 0) is 11.3 Å². The number of fused-ring (bicyclic) bond motifs is 1. The average Bonchev–Trinajstić information content (AvgIpc) is 3.35. The van der Waals surface area contributed by atoms with E-state index in [2.05, 4.69) is 20.5 Å².